The Morgan fingerprint density at radius 3 is 2.68 bits per heavy atom. The lowest BCUT2D eigenvalue weighted by molar-refractivity contribution is -0.385. The molecule has 0 bridgehead atoms. The summed E-state index contributed by atoms with van der Waals surface area (Å²) in [5.74, 6) is 0.689. The molecule has 0 unspecified atom stereocenters. The fourth-order valence-corrected chi connectivity index (χ4v) is 2.34. The summed E-state index contributed by atoms with van der Waals surface area (Å²) in [6.07, 6.45) is 2.37. The van der Waals surface area contributed by atoms with Crippen LogP contribution in [0.15, 0.2) is 24.3 Å². The Hall–Kier alpha value is -1.17. The molecule has 106 valence electrons. The van der Waals surface area contributed by atoms with Crippen LogP contribution in [0, 0.1) is 16.0 Å². The van der Waals surface area contributed by atoms with Crippen LogP contribution in [0.4, 0.5) is 5.69 Å². The van der Waals surface area contributed by atoms with E-state index in [1.165, 1.54) is 12.8 Å². The van der Waals surface area contributed by atoms with Gasteiger partial charge in [0.05, 0.1) is 4.92 Å². The van der Waals surface area contributed by atoms with E-state index in [1.807, 2.05) is 12.1 Å². The van der Waals surface area contributed by atoms with Crippen LogP contribution >= 0.6 is 12.4 Å². The van der Waals surface area contributed by atoms with Gasteiger partial charge in [-0.1, -0.05) is 18.2 Å². The second-order valence-electron chi connectivity index (χ2n) is 4.71. The largest absolute Gasteiger partial charge is 0.317 e. The molecule has 1 aromatic rings. The Balaban J connectivity index is 0.00000180. The molecule has 0 spiro atoms. The summed E-state index contributed by atoms with van der Waals surface area (Å²) in [6, 6.07) is 6.91. The minimum absolute atomic E-state index is 0. The molecular weight excluding hydrogens is 266 g/mol. The van der Waals surface area contributed by atoms with Crippen LogP contribution in [0.1, 0.15) is 18.4 Å². The van der Waals surface area contributed by atoms with Gasteiger partial charge in [0, 0.05) is 18.2 Å². The van der Waals surface area contributed by atoms with E-state index in [4.69, 9.17) is 0 Å². The monoisotopic (exact) mass is 285 g/mol. The molecule has 1 saturated heterocycles. The van der Waals surface area contributed by atoms with E-state index in [-0.39, 0.29) is 23.0 Å². The highest BCUT2D eigenvalue weighted by Crippen LogP contribution is 2.17. The number of nitrogens with zero attached hydrogens (tertiary/aromatic N) is 1. The Bertz CT molecular complexity index is 409. The van der Waals surface area contributed by atoms with Gasteiger partial charge in [0.2, 0.25) is 0 Å². The van der Waals surface area contributed by atoms with Crippen molar-refractivity contribution in [3.8, 4) is 0 Å². The second-order valence-corrected chi connectivity index (χ2v) is 4.71. The van der Waals surface area contributed by atoms with E-state index in [0.717, 1.165) is 25.2 Å². The number of rotatable bonds is 5. The molecule has 0 amide bonds. The molecule has 1 aliphatic rings. The molecule has 5 nitrogen and oxygen atoms in total. The third kappa shape index (κ3) is 4.78. The number of piperidine rings is 1. The van der Waals surface area contributed by atoms with E-state index in [9.17, 15) is 10.1 Å². The van der Waals surface area contributed by atoms with Crippen LogP contribution in [0.3, 0.4) is 0 Å². The molecule has 2 rings (SSSR count). The van der Waals surface area contributed by atoms with Crippen LogP contribution < -0.4 is 10.6 Å². The van der Waals surface area contributed by atoms with Crippen molar-refractivity contribution in [2.24, 2.45) is 5.92 Å². The predicted octanol–water partition coefficient (Wildman–Crippen LogP) is 2.11. The predicted molar refractivity (Wildman–Crippen MR) is 77.6 cm³/mol. The summed E-state index contributed by atoms with van der Waals surface area (Å²) >= 11 is 0. The standard InChI is InChI=1S/C13H19N3O2.ClH/c17-16(18)13-4-2-1-3-12(13)10-15-9-11-5-7-14-8-6-11;/h1-4,11,14-15H,5-10H2;1H. The fourth-order valence-electron chi connectivity index (χ4n) is 2.34. The zero-order valence-corrected chi connectivity index (χ0v) is 11.6. The number of halogens is 1. The smallest absolute Gasteiger partial charge is 0.273 e. The van der Waals surface area contributed by atoms with Crippen LogP contribution in [0.25, 0.3) is 0 Å². The molecule has 1 aromatic carbocycles. The van der Waals surface area contributed by atoms with Gasteiger partial charge < -0.3 is 10.6 Å². The molecule has 0 radical (unpaired) electrons. The number of nitro benzene ring substituents is 1. The molecule has 0 saturated carbocycles. The first-order valence-corrected chi connectivity index (χ1v) is 6.41. The molecule has 0 aliphatic carbocycles. The maximum Gasteiger partial charge on any atom is 0.273 e. The number of nitrogens with one attached hydrogen (secondary N) is 2. The van der Waals surface area contributed by atoms with E-state index in [0.29, 0.717) is 12.5 Å². The first kappa shape index (κ1) is 15.9. The average Bonchev–Trinajstić information content (AvgIpc) is 2.40. The van der Waals surface area contributed by atoms with Crippen LogP contribution in [-0.4, -0.2) is 24.6 Å². The van der Waals surface area contributed by atoms with Gasteiger partial charge in [0.1, 0.15) is 0 Å². The lowest BCUT2D eigenvalue weighted by atomic mass is 9.98. The molecule has 1 aliphatic heterocycles. The molecule has 1 heterocycles. The summed E-state index contributed by atoms with van der Waals surface area (Å²) in [4.78, 5) is 10.5. The van der Waals surface area contributed by atoms with Crippen molar-refractivity contribution in [3.63, 3.8) is 0 Å². The molecule has 19 heavy (non-hydrogen) atoms. The van der Waals surface area contributed by atoms with Crippen LogP contribution in [0.5, 0.6) is 0 Å². The van der Waals surface area contributed by atoms with E-state index < -0.39 is 0 Å². The highest BCUT2D eigenvalue weighted by Gasteiger charge is 2.14. The summed E-state index contributed by atoms with van der Waals surface area (Å²) in [5, 5.41) is 17.5. The van der Waals surface area contributed by atoms with E-state index in [1.54, 1.807) is 12.1 Å². The summed E-state index contributed by atoms with van der Waals surface area (Å²) in [6.45, 7) is 3.67. The third-order valence-corrected chi connectivity index (χ3v) is 3.40. The molecule has 2 N–H and O–H groups in total. The maximum absolute atomic E-state index is 10.9. The van der Waals surface area contributed by atoms with Crippen LogP contribution in [-0.2, 0) is 6.54 Å². The summed E-state index contributed by atoms with van der Waals surface area (Å²) in [7, 11) is 0. The SMILES string of the molecule is Cl.O=[N+]([O-])c1ccccc1CNCC1CCNCC1. The Kier molecular flexibility index (Phi) is 6.77. The van der Waals surface area contributed by atoms with Crippen molar-refractivity contribution >= 4 is 18.1 Å². The van der Waals surface area contributed by atoms with Crippen molar-refractivity contribution in [2.45, 2.75) is 19.4 Å². The Labute approximate surface area is 119 Å². The van der Waals surface area contributed by atoms with Crippen molar-refractivity contribution in [1.29, 1.82) is 0 Å². The molecular formula is C13H20ClN3O2. The molecule has 6 heteroatoms. The summed E-state index contributed by atoms with van der Waals surface area (Å²) in [5.41, 5.74) is 0.965. The van der Waals surface area contributed by atoms with Gasteiger partial charge in [-0.15, -0.1) is 12.4 Å². The second kappa shape index (κ2) is 8.09. The van der Waals surface area contributed by atoms with Gasteiger partial charge in [-0.05, 0) is 38.4 Å². The van der Waals surface area contributed by atoms with E-state index in [2.05, 4.69) is 10.6 Å². The van der Waals surface area contributed by atoms with Gasteiger partial charge in [-0.25, -0.2) is 0 Å². The van der Waals surface area contributed by atoms with Crippen molar-refractivity contribution in [2.75, 3.05) is 19.6 Å². The van der Waals surface area contributed by atoms with Gasteiger partial charge in [-0.2, -0.15) is 0 Å². The molecule has 1 fully saturated rings. The quantitative estimate of drug-likeness (QED) is 0.642. The number of hydrogen-bond acceptors (Lipinski definition) is 4. The summed E-state index contributed by atoms with van der Waals surface area (Å²) < 4.78 is 0. The van der Waals surface area contributed by atoms with Gasteiger partial charge >= 0.3 is 0 Å². The normalized spacial score (nSPS) is 15.8. The van der Waals surface area contributed by atoms with Gasteiger partial charge in [0.25, 0.3) is 5.69 Å². The lowest BCUT2D eigenvalue weighted by Gasteiger charge is -2.22. The molecule has 0 atom stereocenters. The molecule has 0 aromatic heterocycles. The van der Waals surface area contributed by atoms with Gasteiger partial charge in [-0.3, -0.25) is 10.1 Å². The van der Waals surface area contributed by atoms with Gasteiger partial charge in [0.15, 0.2) is 0 Å². The number of hydrogen-bond donors (Lipinski definition) is 2. The zero-order chi connectivity index (χ0) is 12.8. The fraction of sp³-hybridized carbons (Fsp3) is 0.538. The Morgan fingerprint density at radius 2 is 2.00 bits per heavy atom. The first-order valence-electron chi connectivity index (χ1n) is 6.41. The zero-order valence-electron chi connectivity index (χ0n) is 10.8. The minimum Gasteiger partial charge on any atom is -0.317 e. The highest BCUT2D eigenvalue weighted by atomic mass is 35.5. The number of benzene rings is 1. The lowest BCUT2D eigenvalue weighted by Crippen LogP contribution is -2.33. The number of nitro groups is 1. The third-order valence-electron chi connectivity index (χ3n) is 3.40. The first-order chi connectivity index (χ1) is 8.77. The maximum atomic E-state index is 10.9. The highest BCUT2D eigenvalue weighted by molar-refractivity contribution is 5.85. The van der Waals surface area contributed by atoms with Crippen molar-refractivity contribution < 1.29 is 4.92 Å². The van der Waals surface area contributed by atoms with E-state index >= 15 is 0 Å². The number of para-hydroxylation sites is 1. The van der Waals surface area contributed by atoms with Crippen LogP contribution in [0.2, 0.25) is 0 Å². The average molecular weight is 286 g/mol. The Morgan fingerprint density at radius 1 is 1.32 bits per heavy atom. The topological polar surface area (TPSA) is 67.2 Å². The van der Waals surface area contributed by atoms with Crippen molar-refractivity contribution in [1.82, 2.24) is 10.6 Å². The van der Waals surface area contributed by atoms with Crippen molar-refractivity contribution in [3.05, 3.63) is 39.9 Å². The minimum atomic E-state index is -0.318.